The second kappa shape index (κ2) is 6.55. The van der Waals surface area contributed by atoms with Crippen LogP contribution >= 0.6 is 0 Å². The van der Waals surface area contributed by atoms with Gasteiger partial charge >= 0.3 is 0 Å². The first kappa shape index (κ1) is 13.8. The van der Waals surface area contributed by atoms with E-state index in [2.05, 4.69) is 37.1 Å². The summed E-state index contributed by atoms with van der Waals surface area (Å²) in [6, 6.07) is 1.77. The van der Waals surface area contributed by atoms with E-state index in [1.165, 1.54) is 0 Å². The van der Waals surface area contributed by atoms with Crippen molar-refractivity contribution in [1.29, 1.82) is 0 Å². The van der Waals surface area contributed by atoms with Crippen molar-refractivity contribution in [1.82, 2.24) is 24.8 Å². The summed E-state index contributed by atoms with van der Waals surface area (Å²) >= 11 is 0. The number of ether oxygens (including phenoxy) is 1. The van der Waals surface area contributed by atoms with Crippen molar-refractivity contribution in [2.45, 2.75) is 13.0 Å². The molecule has 1 atom stereocenters. The molecular formula is C14H18N6O. The van der Waals surface area contributed by atoms with Gasteiger partial charge in [0.15, 0.2) is 5.82 Å². The number of morpholine rings is 1. The molecule has 7 heteroatoms. The normalized spacial score (nSPS) is 19.4. The highest BCUT2D eigenvalue weighted by atomic mass is 16.5. The molecule has 2 aromatic heterocycles. The second-order valence-electron chi connectivity index (χ2n) is 4.78. The van der Waals surface area contributed by atoms with Crippen LogP contribution in [0.5, 0.6) is 0 Å². The number of hydrogen-bond acceptors (Lipinski definition) is 7. The fourth-order valence-corrected chi connectivity index (χ4v) is 2.24. The van der Waals surface area contributed by atoms with E-state index in [9.17, 15) is 0 Å². The predicted molar refractivity (Wildman–Crippen MR) is 78.2 cm³/mol. The first-order valence-corrected chi connectivity index (χ1v) is 7.05. The van der Waals surface area contributed by atoms with Crippen molar-refractivity contribution >= 4 is 11.8 Å². The van der Waals surface area contributed by atoms with E-state index in [0.717, 1.165) is 31.9 Å². The van der Waals surface area contributed by atoms with E-state index < -0.39 is 0 Å². The Morgan fingerprint density at radius 3 is 3.00 bits per heavy atom. The number of hydrogen-bond donors (Lipinski definition) is 1. The van der Waals surface area contributed by atoms with Gasteiger partial charge in [-0.3, -0.25) is 9.88 Å². The Labute approximate surface area is 123 Å². The molecule has 0 saturated carbocycles. The smallest absolute Gasteiger partial charge is 0.228 e. The van der Waals surface area contributed by atoms with Gasteiger partial charge in [-0.2, -0.15) is 0 Å². The zero-order valence-electron chi connectivity index (χ0n) is 11.9. The zero-order valence-corrected chi connectivity index (χ0v) is 11.9. The van der Waals surface area contributed by atoms with Gasteiger partial charge in [0.25, 0.3) is 0 Å². The summed E-state index contributed by atoms with van der Waals surface area (Å²) in [5.41, 5.74) is 0.828. The Morgan fingerprint density at radius 2 is 2.19 bits per heavy atom. The number of nitrogens with zero attached hydrogens (tertiary/aromatic N) is 5. The van der Waals surface area contributed by atoms with Crippen molar-refractivity contribution in [2.75, 3.05) is 31.6 Å². The fourth-order valence-electron chi connectivity index (χ4n) is 2.24. The van der Waals surface area contributed by atoms with Gasteiger partial charge in [0.1, 0.15) is 6.10 Å². The molecule has 21 heavy (non-hydrogen) atoms. The van der Waals surface area contributed by atoms with Crippen molar-refractivity contribution < 1.29 is 4.74 Å². The van der Waals surface area contributed by atoms with Gasteiger partial charge in [0, 0.05) is 25.5 Å². The summed E-state index contributed by atoms with van der Waals surface area (Å²) in [7, 11) is 0. The maximum atomic E-state index is 5.80. The largest absolute Gasteiger partial charge is 0.369 e. The van der Waals surface area contributed by atoms with Crippen LogP contribution in [0.1, 0.15) is 18.7 Å². The van der Waals surface area contributed by atoms with Crippen molar-refractivity contribution in [3.8, 4) is 0 Å². The minimum atomic E-state index is -0.0374. The van der Waals surface area contributed by atoms with Crippen LogP contribution in [0.3, 0.4) is 0 Å². The maximum absolute atomic E-state index is 5.80. The minimum Gasteiger partial charge on any atom is -0.369 e. The molecule has 0 amide bonds. The van der Waals surface area contributed by atoms with E-state index in [1.807, 2.05) is 0 Å². The van der Waals surface area contributed by atoms with Gasteiger partial charge in [0.2, 0.25) is 5.95 Å². The van der Waals surface area contributed by atoms with Crippen LogP contribution < -0.4 is 5.32 Å². The van der Waals surface area contributed by atoms with Gasteiger partial charge in [-0.15, -0.1) is 0 Å². The molecule has 0 spiro atoms. The van der Waals surface area contributed by atoms with Gasteiger partial charge in [-0.05, 0) is 12.6 Å². The summed E-state index contributed by atoms with van der Waals surface area (Å²) in [6.07, 6.45) is 6.72. The molecule has 1 fully saturated rings. The standard InChI is InChI=1S/C14H18N6O/c1-2-20-6-7-21-12(10-20)11-8-15-9-13(18-11)19-14-16-4-3-5-17-14/h3-5,8-9,12H,2,6-7,10H2,1H3,(H,16,17,18,19)/t12-/m0/s1. The van der Waals surface area contributed by atoms with Crippen LogP contribution in [0.15, 0.2) is 30.9 Å². The lowest BCUT2D eigenvalue weighted by Crippen LogP contribution is -2.38. The van der Waals surface area contributed by atoms with Crippen LogP contribution in [0.2, 0.25) is 0 Å². The summed E-state index contributed by atoms with van der Waals surface area (Å²) in [5, 5.41) is 3.04. The molecule has 0 aromatic carbocycles. The molecule has 1 N–H and O–H groups in total. The molecule has 1 aliphatic rings. The van der Waals surface area contributed by atoms with E-state index >= 15 is 0 Å². The SMILES string of the molecule is CCN1CCO[C@H](c2cncc(Nc3ncccn3)n2)C1. The molecule has 0 aliphatic carbocycles. The lowest BCUT2D eigenvalue weighted by Gasteiger charge is -2.31. The molecule has 3 heterocycles. The first-order chi connectivity index (χ1) is 10.3. The third-order valence-electron chi connectivity index (χ3n) is 3.39. The molecule has 1 saturated heterocycles. The van der Waals surface area contributed by atoms with Crippen molar-refractivity contribution in [3.63, 3.8) is 0 Å². The van der Waals surface area contributed by atoms with E-state index in [-0.39, 0.29) is 6.10 Å². The van der Waals surface area contributed by atoms with Crippen LogP contribution in [-0.2, 0) is 4.74 Å². The topological polar surface area (TPSA) is 76.1 Å². The van der Waals surface area contributed by atoms with E-state index in [4.69, 9.17) is 4.74 Å². The molecule has 1 aliphatic heterocycles. The predicted octanol–water partition coefficient (Wildman–Crippen LogP) is 1.40. The summed E-state index contributed by atoms with van der Waals surface area (Å²) in [4.78, 5) is 19.4. The Bertz CT molecular complexity index is 579. The highest BCUT2D eigenvalue weighted by molar-refractivity contribution is 5.45. The average molecular weight is 286 g/mol. The molecule has 3 rings (SSSR count). The van der Waals surface area contributed by atoms with E-state index in [1.54, 1.807) is 30.9 Å². The fraction of sp³-hybridized carbons (Fsp3) is 0.429. The summed E-state index contributed by atoms with van der Waals surface area (Å²) in [5.74, 6) is 1.12. The summed E-state index contributed by atoms with van der Waals surface area (Å²) < 4.78 is 5.80. The molecule has 0 unspecified atom stereocenters. The van der Waals surface area contributed by atoms with Crippen LogP contribution in [0, 0.1) is 0 Å². The third kappa shape index (κ3) is 3.50. The molecular weight excluding hydrogens is 268 g/mol. The average Bonchev–Trinajstić information content (AvgIpc) is 2.56. The Morgan fingerprint density at radius 1 is 1.33 bits per heavy atom. The molecule has 110 valence electrons. The number of nitrogens with one attached hydrogen (secondary N) is 1. The number of likely N-dealkylation sites (N-methyl/N-ethyl adjacent to an activating group) is 1. The van der Waals surface area contributed by atoms with Crippen molar-refractivity contribution in [2.24, 2.45) is 0 Å². The highest BCUT2D eigenvalue weighted by Gasteiger charge is 2.22. The highest BCUT2D eigenvalue weighted by Crippen LogP contribution is 2.21. The van der Waals surface area contributed by atoms with Gasteiger partial charge in [0.05, 0.1) is 24.7 Å². The van der Waals surface area contributed by atoms with Gasteiger partial charge < -0.3 is 10.1 Å². The molecule has 0 radical (unpaired) electrons. The lowest BCUT2D eigenvalue weighted by molar-refractivity contribution is -0.0303. The minimum absolute atomic E-state index is 0.0374. The van der Waals surface area contributed by atoms with Gasteiger partial charge in [-0.1, -0.05) is 6.92 Å². The zero-order chi connectivity index (χ0) is 14.5. The number of rotatable bonds is 4. The Balaban J connectivity index is 1.74. The van der Waals surface area contributed by atoms with Crippen molar-refractivity contribution in [3.05, 3.63) is 36.5 Å². The maximum Gasteiger partial charge on any atom is 0.228 e. The Hall–Kier alpha value is -2.12. The van der Waals surface area contributed by atoms with Crippen LogP contribution in [-0.4, -0.2) is 51.1 Å². The number of aromatic nitrogens is 4. The third-order valence-corrected chi connectivity index (χ3v) is 3.39. The van der Waals surface area contributed by atoms with Crippen LogP contribution in [0.25, 0.3) is 0 Å². The summed E-state index contributed by atoms with van der Waals surface area (Å²) in [6.45, 7) is 5.70. The van der Waals surface area contributed by atoms with Gasteiger partial charge in [-0.25, -0.2) is 15.0 Å². The Kier molecular flexibility index (Phi) is 4.32. The quantitative estimate of drug-likeness (QED) is 0.910. The lowest BCUT2D eigenvalue weighted by atomic mass is 10.2. The second-order valence-corrected chi connectivity index (χ2v) is 4.78. The number of anilines is 2. The molecule has 7 nitrogen and oxygen atoms in total. The first-order valence-electron chi connectivity index (χ1n) is 7.05. The van der Waals surface area contributed by atoms with Crippen LogP contribution in [0.4, 0.5) is 11.8 Å². The monoisotopic (exact) mass is 286 g/mol. The molecule has 2 aromatic rings. The molecule has 0 bridgehead atoms. The van der Waals surface area contributed by atoms with E-state index in [0.29, 0.717) is 11.8 Å².